The largest absolute Gasteiger partial charge is 0.356 e. The number of carbonyl (C=O) groups excluding carboxylic acids is 1. The number of nitrogens with one attached hydrogen (secondary N) is 1. The van der Waals surface area contributed by atoms with E-state index in [0.29, 0.717) is 22.9 Å². The molecule has 4 aliphatic rings. The van der Waals surface area contributed by atoms with Gasteiger partial charge >= 0.3 is 0 Å². The first-order chi connectivity index (χ1) is 12.8. The highest BCUT2D eigenvalue weighted by Gasteiger charge is 2.60. The topological polar surface area (TPSA) is 32.3 Å². The lowest BCUT2D eigenvalue weighted by molar-refractivity contribution is -0.122. The van der Waals surface area contributed by atoms with Crippen molar-refractivity contribution >= 4 is 6.41 Å². The summed E-state index contributed by atoms with van der Waals surface area (Å²) in [5.74, 6) is 4.54. The summed E-state index contributed by atoms with van der Waals surface area (Å²) in [4.78, 5) is 13.4. The second kappa shape index (κ2) is 7.04. The van der Waals surface area contributed by atoms with Gasteiger partial charge in [-0.15, -0.1) is 0 Å². The molecule has 27 heavy (non-hydrogen) atoms. The van der Waals surface area contributed by atoms with Crippen LogP contribution in [0, 0.1) is 40.4 Å². The lowest BCUT2D eigenvalue weighted by atomic mass is 9.44. The summed E-state index contributed by atoms with van der Waals surface area (Å²) >= 11 is 0. The third-order valence-electron chi connectivity index (χ3n) is 10.4. The maximum absolute atomic E-state index is 10.9. The van der Waals surface area contributed by atoms with Gasteiger partial charge in [0.15, 0.2) is 0 Å². The summed E-state index contributed by atoms with van der Waals surface area (Å²) in [7, 11) is 4.54. The van der Waals surface area contributed by atoms with Crippen LogP contribution in [0.15, 0.2) is 0 Å². The van der Waals surface area contributed by atoms with Gasteiger partial charge in [-0.2, -0.15) is 0 Å². The van der Waals surface area contributed by atoms with Crippen LogP contribution in [0.4, 0.5) is 0 Å². The smallest absolute Gasteiger partial charge is 0.207 e. The Morgan fingerprint density at radius 1 is 0.963 bits per heavy atom. The normalized spacial score (nSPS) is 50.4. The lowest BCUT2D eigenvalue weighted by Crippen LogP contribution is -2.55. The molecule has 0 spiro atoms. The Morgan fingerprint density at radius 3 is 2.37 bits per heavy atom. The van der Waals surface area contributed by atoms with Crippen molar-refractivity contribution in [1.82, 2.24) is 10.2 Å². The second-order valence-electron chi connectivity index (χ2n) is 11.3. The molecule has 1 N–H and O–H groups in total. The van der Waals surface area contributed by atoms with Crippen molar-refractivity contribution in [1.29, 1.82) is 0 Å². The molecule has 0 heterocycles. The van der Waals surface area contributed by atoms with Crippen LogP contribution in [-0.2, 0) is 4.79 Å². The molecule has 0 aliphatic heterocycles. The highest BCUT2D eigenvalue weighted by molar-refractivity contribution is 5.46. The highest BCUT2D eigenvalue weighted by Crippen LogP contribution is 2.67. The maximum atomic E-state index is 10.9. The molecular formula is C24H42N2O. The zero-order valence-electron chi connectivity index (χ0n) is 18.3. The monoisotopic (exact) mass is 374 g/mol. The van der Waals surface area contributed by atoms with E-state index in [2.05, 4.69) is 45.1 Å². The number of fused-ring (bicyclic) bond motifs is 5. The summed E-state index contributed by atoms with van der Waals surface area (Å²) in [6, 6.07) is 1.14. The van der Waals surface area contributed by atoms with Gasteiger partial charge in [-0.05, 0) is 119 Å². The van der Waals surface area contributed by atoms with Gasteiger partial charge in [0.2, 0.25) is 6.41 Å². The van der Waals surface area contributed by atoms with E-state index in [0.717, 1.165) is 36.0 Å². The molecule has 3 nitrogen and oxygen atoms in total. The summed E-state index contributed by atoms with van der Waals surface area (Å²) in [5.41, 5.74) is 1.08. The van der Waals surface area contributed by atoms with Crippen molar-refractivity contribution in [3.8, 4) is 0 Å². The van der Waals surface area contributed by atoms with Crippen LogP contribution in [0.2, 0.25) is 0 Å². The van der Waals surface area contributed by atoms with Gasteiger partial charge in [-0.3, -0.25) is 4.79 Å². The van der Waals surface area contributed by atoms with Gasteiger partial charge in [-0.1, -0.05) is 13.8 Å². The first kappa shape index (κ1) is 19.7. The van der Waals surface area contributed by atoms with Crippen molar-refractivity contribution < 1.29 is 4.79 Å². The van der Waals surface area contributed by atoms with E-state index >= 15 is 0 Å². The third kappa shape index (κ3) is 2.98. The fourth-order valence-electron chi connectivity index (χ4n) is 8.70. The van der Waals surface area contributed by atoms with Crippen molar-refractivity contribution in [2.24, 2.45) is 40.4 Å². The van der Waals surface area contributed by atoms with E-state index in [1.165, 1.54) is 57.8 Å². The van der Waals surface area contributed by atoms with Crippen LogP contribution in [0.1, 0.15) is 78.6 Å². The summed E-state index contributed by atoms with van der Waals surface area (Å²) < 4.78 is 0. The van der Waals surface area contributed by atoms with Gasteiger partial charge in [0.25, 0.3) is 0 Å². The number of hydrogen-bond donors (Lipinski definition) is 1. The first-order valence-electron chi connectivity index (χ1n) is 11.7. The van der Waals surface area contributed by atoms with Crippen LogP contribution in [0.3, 0.4) is 0 Å². The van der Waals surface area contributed by atoms with E-state index in [4.69, 9.17) is 0 Å². The molecule has 3 heteroatoms. The summed E-state index contributed by atoms with van der Waals surface area (Å²) in [6.07, 6.45) is 13.3. The molecule has 154 valence electrons. The van der Waals surface area contributed by atoms with E-state index in [-0.39, 0.29) is 0 Å². The predicted molar refractivity (Wildman–Crippen MR) is 111 cm³/mol. The molecule has 1 amide bonds. The fourth-order valence-corrected chi connectivity index (χ4v) is 8.70. The highest BCUT2D eigenvalue weighted by atomic mass is 16.1. The van der Waals surface area contributed by atoms with Crippen LogP contribution in [0.25, 0.3) is 0 Å². The lowest BCUT2D eigenvalue weighted by Gasteiger charge is -2.61. The summed E-state index contributed by atoms with van der Waals surface area (Å²) in [5, 5.41) is 3.09. The predicted octanol–water partition coefficient (Wildman–Crippen LogP) is 4.71. The minimum Gasteiger partial charge on any atom is -0.356 e. The Labute approximate surface area is 167 Å². The van der Waals surface area contributed by atoms with E-state index in [9.17, 15) is 4.79 Å². The average molecular weight is 375 g/mol. The Kier molecular flexibility index (Phi) is 5.15. The first-order valence-corrected chi connectivity index (χ1v) is 11.7. The van der Waals surface area contributed by atoms with Crippen LogP contribution >= 0.6 is 0 Å². The van der Waals surface area contributed by atoms with Gasteiger partial charge in [-0.25, -0.2) is 0 Å². The average Bonchev–Trinajstić information content (AvgIpc) is 2.98. The quantitative estimate of drug-likeness (QED) is 0.723. The van der Waals surface area contributed by atoms with Crippen LogP contribution in [-0.4, -0.2) is 37.5 Å². The van der Waals surface area contributed by atoms with Gasteiger partial charge in [0.05, 0.1) is 0 Å². The third-order valence-corrected chi connectivity index (χ3v) is 10.4. The summed E-state index contributed by atoms with van der Waals surface area (Å²) in [6.45, 7) is 7.75. The molecule has 5 unspecified atom stereocenters. The molecule has 0 aromatic rings. The number of carbonyl (C=O) groups is 1. The van der Waals surface area contributed by atoms with E-state index < -0.39 is 0 Å². The van der Waals surface area contributed by atoms with Gasteiger partial charge < -0.3 is 10.2 Å². The number of hydrogen-bond acceptors (Lipinski definition) is 2. The molecule has 4 aliphatic carbocycles. The van der Waals surface area contributed by atoms with Crippen molar-refractivity contribution in [3.63, 3.8) is 0 Å². The second-order valence-corrected chi connectivity index (χ2v) is 11.3. The molecular weight excluding hydrogens is 332 g/mol. The Bertz CT molecular complexity index is 563. The number of nitrogens with zero attached hydrogens (tertiary/aromatic N) is 1. The molecule has 0 aromatic carbocycles. The van der Waals surface area contributed by atoms with Crippen LogP contribution in [0.5, 0.6) is 0 Å². The fraction of sp³-hybridized carbons (Fsp3) is 0.958. The molecule has 0 saturated heterocycles. The Morgan fingerprint density at radius 2 is 1.67 bits per heavy atom. The molecule has 9 atom stereocenters. The standard InChI is InChI=1S/C24H42N2O/c1-16(26(4)5)20-8-9-21-19-7-6-17-14-18(25-15-27)10-12-23(17,2)22(19)11-13-24(20,21)3/h15-22H,6-14H2,1-5H3,(H,25,27)/t16?,17?,18-,19?,20+,21?,22?,23-,24+/m0/s1. The van der Waals surface area contributed by atoms with E-state index in [1.54, 1.807) is 0 Å². The number of amides is 1. The van der Waals surface area contributed by atoms with Crippen LogP contribution < -0.4 is 5.32 Å². The molecule has 0 bridgehead atoms. The molecule has 4 saturated carbocycles. The van der Waals surface area contributed by atoms with Crippen molar-refractivity contribution in [2.45, 2.75) is 90.6 Å². The van der Waals surface area contributed by atoms with Crippen molar-refractivity contribution in [3.05, 3.63) is 0 Å². The SMILES string of the molecule is CC([C@H]1CCC2C3CCC4C[C@@H](NC=O)CC[C@]4(C)C3CC[C@@]21C)N(C)C. The van der Waals surface area contributed by atoms with Gasteiger partial charge in [0.1, 0.15) is 0 Å². The van der Waals surface area contributed by atoms with E-state index in [1.807, 2.05) is 0 Å². The minimum absolute atomic E-state index is 0.433. The maximum Gasteiger partial charge on any atom is 0.207 e. The Balaban J connectivity index is 1.54. The number of rotatable bonds is 4. The van der Waals surface area contributed by atoms with Gasteiger partial charge in [0, 0.05) is 12.1 Å². The van der Waals surface area contributed by atoms with Crippen molar-refractivity contribution in [2.75, 3.05) is 14.1 Å². The zero-order chi connectivity index (χ0) is 19.4. The molecule has 0 aromatic heterocycles. The minimum atomic E-state index is 0.433. The molecule has 0 radical (unpaired) electrons. The Hall–Kier alpha value is -0.570. The molecule has 4 fully saturated rings. The molecule has 4 rings (SSSR count). The zero-order valence-corrected chi connectivity index (χ0v) is 18.3.